The van der Waals surface area contributed by atoms with Gasteiger partial charge in [0, 0.05) is 30.1 Å². The van der Waals surface area contributed by atoms with Crippen LogP contribution in [0.2, 0.25) is 5.02 Å². The second-order valence-electron chi connectivity index (χ2n) is 8.31. The van der Waals surface area contributed by atoms with E-state index in [0.717, 1.165) is 17.4 Å². The fourth-order valence-corrected chi connectivity index (χ4v) is 4.26. The van der Waals surface area contributed by atoms with Crippen molar-refractivity contribution < 1.29 is 18.0 Å². The molecule has 3 aromatic carbocycles. The number of nitrogens with one attached hydrogen (secondary N) is 4. The number of anilines is 2. The number of halogens is 1. The van der Waals surface area contributed by atoms with E-state index >= 15 is 0 Å². The number of para-hydroxylation sites is 2. The lowest BCUT2D eigenvalue weighted by atomic mass is 10.0. The maximum atomic E-state index is 13.1. The van der Waals surface area contributed by atoms with Crippen molar-refractivity contribution in [1.82, 2.24) is 10.6 Å². The molecule has 0 bridgehead atoms. The Balaban J connectivity index is 1.64. The maximum absolute atomic E-state index is 13.1. The summed E-state index contributed by atoms with van der Waals surface area (Å²) in [6.07, 6.45) is 1.37. The molecular weight excluding hydrogens is 500 g/mol. The number of aryl methyl sites for hydroxylation is 1. The highest BCUT2D eigenvalue weighted by molar-refractivity contribution is 7.92. The fraction of sp³-hybridized carbons (Fsp3) is 0.231. The molecule has 0 radical (unpaired) electrons. The third-order valence-corrected chi connectivity index (χ3v) is 6.17. The zero-order valence-electron chi connectivity index (χ0n) is 20.0. The molecule has 10 heteroatoms. The second kappa shape index (κ2) is 12.4. The summed E-state index contributed by atoms with van der Waals surface area (Å²) >= 11 is 5.98. The molecule has 0 aliphatic rings. The Hall–Kier alpha value is -3.56. The van der Waals surface area contributed by atoms with Crippen LogP contribution in [0.25, 0.3) is 0 Å². The van der Waals surface area contributed by atoms with Crippen molar-refractivity contribution in [2.24, 2.45) is 0 Å². The molecule has 2 amide bonds. The topological polar surface area (TPSA) is 116 Å². The largest absolute Gasteiger partial charge is 0.382 e. The minimum atomic E-state index is -3.43. The first-order valence-corrected chi connectivity index (χ1v) is 13.6. The van der Waals surface area contributed by atoms with Crippen molar-refractivity contribution in [1.29, 1.82) is 0 Å². The number of benzene rings is 3. The fourth-order valence-electron chi connectivity index (χ4n) is 3.56. The molecule has 0 aliphatic heterocycles. The van der Waals surface area contributed by atoms with Gasteiger partial charge in [0.1, 0.15) is 6.04 Å². The Labute approximate surface area is 216 Å². The lowest BCUT2D eigenvalue weighted by Crippen LogP contribution is -2.49. The van der Waals surface area contributed by atoms with E-state index in [1.54, 1.807) is 48.5 Å². The van der Waals surface area contributed by atoms with Gasteiger partial charge in [-0.05, 0) is 48.4 Å². The van der Waals surface area contributed by atoms with E-state index in [-0.39, 0.29) is 24.8 Å². The highest BCUT2D eigenvalue weighted by Crippen LogP contribution is 2.21. The Morgan fingerprint density at radius 1 is 0.889 bits per heavy atom. The van der Waals surface area contributed by atoms with E-state index in [2.05, 4.69) is 20.7 Å². The summed E-state index contributed by atoms with van der Waals surface area (Å²) in [5, 5.41) is 9.39. The Kier molecular flexibility index (Phi) is 9.32. The molecule has 4 N–H and O–H groups in total. The molecular formula is C26H29ClN4O4S. The van der Waals surface area contributed by atoms with Crippen molar-refractivity contribution in [2.75, 3.05) is 29.4 Å². The van der Waals surface area contributed by atoms with Crippen LogP contribution in [0.1, 0.15) is 21.5 Å². The molecule has 190 valence electrons. The first-order chi connectivity index (χ1) is 17.1. The molecule has 0 heterocycles. The van der Waals surface area contributed by atoms with Crippen LogP contribution in [0.5, 0.6) is 0 Å². The summed E-state index contributed by atoms with van der Waals surface area (Å²) in [6.45, 7) is 2.43. The molecule has 36 heavy (non-hydrogen) atoms. The Bertz CT molecular complexity index is 1310. The number of amides is 2. The molecule has 0 saturated heterocycles. The summed E-state index contributed by atoms with van der Waals surface area (Å²) in [5.74, 6) is -0.669. The van der Waals surface area contributed by atoms with Crippen LogP contribution in [0.3, 0.4) is 0 Å². The van der Waals surface area contributed by atoms with Crippen LogP contribution in [0, 0.1) is 6.92 Å². The van der Waals surface area contributed by atoms with Crippen molar-refractivity contribution >= 4 is 44.8 Å². The molecule has 1 atom stereocenters. The van der Waals surface area contributed by atoms with Crippen LogP contribution in [-0.2, 0) is 21.2 Å². The van der Waals surface area contributed by atoms with Gasteiger partial charge in [0.05, 0.1) is 17.6 Å². The number of carbonyl (C=O) groups is 2. The maximum Gasteiger partial charge on any atom is 0.252 e. The number of hydrogen-bond donors (Lipinski definition) is 4. The van der Waals surface area contributed by atoms with E-state index in [9.17, 15) is 18.0 Å². The van der Waals surface area contributed by atoms with Crippen LogP contribution >= 0.6 is 11.6 Å². The van der Waals surface area contributed by atoms with Crippen molar-refractivity contribution in [2.45, 2.75) is 19.4 Å². The third-order valence-electron chi connectivity index (χ3n) is 5.33. The zero-order chi connectivity index (χ0) is 26.1. The van der Waals surface area contributed by atoms with Gasteiger partial charge in [-0.1, -0.05) is 54.1 Å². The SMILES string of the molecule is Cc1ccccc1C(=O)N[C@H](Cc1ccc(Cl)cc1)C(=O)NCCNc1ccccc1NS(C)(=O)=O. The van der Waals surface area contributed by atoms with Gasteiger partial charge in [0.2, 0.25) is 15.9 Å². The third kappa shape index (κ3) is 8.28. The summed E-state index contributed by atoms with van der Waals surface area (Å²) < 4.78 is 25.6. The van der Waals surface area contributed by atoms with Crippen LogP contribution in [0.4, 0.5) is 11.4 Å². The van der Waals surface area contributed by atoms with E-state index in [0.29, 0.717) is 28.5 Å². The highest BCUT2D eigenvalue weighted by Gasteiger charge is 2.22. The van der Waals surface area contributed by atoms with E-state index in [1.807, 2.05) is 31.2 Å². The van der Waals surface area contributed by atoms with Gasteiger partial charge in [0.15, 0.2) is 0 Å². The van der Waals surface area contributed by atoms with Crippen LogP contribution in [0.15, 0.2) is 72.8 Å². The summed E-state index contributed by atoms with van der Waals surface area (Å²) in [6, 6.07) is 20.4. The van der Waals surface area contributed by atoms with Crippen molar-refractivity contribution in [3.05, 3.63) is 94.5 Å². The average molecular weight is 529 g/mol. The van der Waals surface area contributed by atoms with Gasteiger partial charge in [-0.25, -0.2) is 8.42 Å². The lowest BCUT2D eigenvalue weighted by Gasteiger charge is -2.20. The number of carbonyl (C=O) groups excluding carboxylic acids is 2. The molecule has 8 nitrogen and oxygen atoms in total. The predicted octanol–water partition coefficient (Wildman–Crippen LogP) is 3.59. The van der Waals surface area contributed by atoms with Gasteiger partial charge in [0.25, 0.3) is 5.91 Å². The van der Waals surface area contributed by atoms with Gasteiger partial charge in [-0.3, -0.25) is 14.3 Å². The van der Waals surface area contributed by atoms with Crippen molar-refractivity contribution in [3.63, 3.8) is 0 Å². The normalized spacial score (nSPS) is 11.9. The molecule has 0 aliphatic carbocycles. The average Bonchev–Trinajstić information content (AvgIpc) is 2.83. The van der Waals surface area contributed by atoms with Crippen LogP contribution < -0.4 is 20.7 Å². The number of sulfonamides is 1. The summed E-state index contributed by atoms with van der Waals surface area (Å²) in [5.41, 5.74) is 3.16. The van der Waals surface area contributed by atoms with Gasteiger partial charge >= 0.3 is 0 Å². The smallest absolute Gasteiger partial charge is 0.252 e. The minimum absolute atomic E-state index is 0.253. The molecule has 0 aromatic heterocycles. The molecule has 0 unspecified atom stereocenters. The van der Waals surface area contributed by atoms with Crippen molar-refractivity contribution in [3.8, 4) is 0 Å². The zero-order valence-corrected chi connectivity index (χ0v) is 21.6. The summed E-state index contributed by atoms with van der Waals surface area (Å²) in [7, 11) is -3.43. The standard InChI is InChI=1S/C26H29ClN4O4S/c1-18-7-3-4-8-21(18)25(32)30-24(17-19-11-13-20(27)14-12-19)26(33)29-16-15-28-22-9-5-6-10-23(22)31-36(2,34)35/h3-14,24,28,31H,15-17H2,1-2H3,(H,29,33)(H,30,32)/t24-/m1/s1. The van der Waals surface area contributed by atoms with E-state index in [4.69, 9.17) is 11.6 Å². The highest BCUT2D eigenvalue weighted by atomic mass is 35.5. The van der Waals surface area contributed by atoms with Crippen LogP contribution in [-0.4, -0.2) is 45.6 Å². The molecule has 0 saturated carbocycles. The molecule has 0 spiro atoms. The second-order valence-corrected chi connectivity index (χ2v) is 10.5. The minimum Gasteiger partial charge on any atom is -0.382 e. The van der Waals surface area contributed by atoms with Gasteiger partial charge < -0.3 is 16.0 Å². The molecule has 0 fully saturated rings. The van der Waals surface area contributed by atoms with Gasteiger partial charge in [-0.15, -0.1) is 0 Å². The Morgan fingerprint density at radius 3 is 2.19 bits per heavy atom. The number of rotatable bonds is 11. The first kappa shape index (κ1) is 27.0. The molecule has 3 aromatic rings. The first-order valence-electron chi connectivity index (χ1n) is 11.3. The quantitative estimate of drug-likeness (QED) is 0.284. The summed E-state index contributed by atoms with van der Waals surface area (Å²) in [4.78, 5) is 26.0. The lowest BCUT2D eigenvalue weighted by molar-refractivity contribution is -0.122. The van der Waals surface area contributed by atoms with Gasteiger partial charge in [-0.2, -0.15) is 0 Å². The van der Waals surface area contributed by atoms with E-state index in [1.165, 1.54) is 0 Å². The Morgan fingerprint density at radius 2 is 1.53 bits per heavy atom. The predicted molar refractivity (Wildman–Crippen MR) is 144 cm³/mol. The van der Waals surface area contributed by atoms with E-state index < -0.39 is 16.1 Å². The monoisotopic (exact) mass is 528 g/mol. The molecule has 3 rings (SSSR count). The number of hydrogen-bond acceptors (Lipinski definition) is 5.